The molecule has 142 valence electrons. The van der Waals surface area contributed by atoms with E-state index in [2.05, 4.69) is 10.6 Å². The number of hydrogen-bond acceptors (Lipinski definition) is 4. The summed E-state index contributed by atoms with van der Waals surface area (Å²) in [7, 11) is 0. The zero-order valence-corrected chi connectivity index (χ0v) is 15.6. The van der Waals surface area contributed by atoms with Crippen LogP contribution in [0.5, 0.6) is 5.75 Å². The van der Waals surface area contributed by atoms with Crippen molar-refractivity contribution in [2.24, 2.45) is 0 Å². The molecule has 1 unspecified atom stereocenters. The van der Waals surface area contributed by atoms with Crippen molar-refractivity contribution in [1.82, 2.24) is 0 Å². The first-order chi connectivity index (χ1) is 13.0. The quantitative estimate of drug-likeness (QED) is 0.814. The van der Waals surface area contributed by atoms with Crippen molar-refractivity contribution in [3.8, 4) is 5.75 Å². The number of carbonyl (C=O) groups excluding carboxylic acids is 2. The highest BCUT2D eigenvalue weighted by Gasteiger charge is 2.16. The number of ether oxygens (including phenoxy) is 2. The molecule has 0 aliphatic carbocycles. The average molecular weight is 368 g/mol. The van der Waals surface area contributed by atoms with E-state index in [1.807, 2.05) is 6.92 Å². The van der Waals surface area contributed by atoms with Crippen molar-refractivity contribution in [2.75, 3.05) is 23.8 Å². The lowest BCUT2D eigenvalue weighted by atomic mass is 10.1. The molecule has 6 heteroatoms. The van der Waals surface area contributed by atoms with Gasteiger partial charge in [0.25, 0.3) is 5.91 Å². The minimum Gasteiger partial charge on any atom is -0.491 e. The maximum Gasteiger partial charge on any atom is 0.255 e. The third-order valence-electron chi connectivity index (χ3n) is 4.47. The van der Waals surface area contributed by atoms with E-state index in [0.717, 1.165) is 25.0 Å². The van der Waals surface area contributed by atoms with Gasteiger partial charge in [0.15, 0.2) is 0 Å². The smallest absolute Gasteiger partial charge is 0.255 e. The van der Waals surface area contributed by atoms with Crippen LogP contribution in [0.3, 0.4) is 0 Å². The monoisotopic (exact) mass is 368 g/mol. The minimum absolute atomic E-state index is 0.153. The minimum atomic E-state index is -0.219. The van der Waals surface area contributed by atoms with Crippen molar-refractivity contribution in [1.29, 1.82) is 0 Å². The molecule has 1 atom stereocenters. The Bertz CT molecular complexity index is 811. The van der Waals surface area contributed by atoms with Crippen LogP contribution in [0.25, 0.3) is 0 Å². The Morgan fingerprint density at radius 3 is 2.44 bits per heavy atom. The summed E-state index contributed by atoms with van der Waals surface area (Å²) >= 11 is 0. The van der Waals surface area contributed by atoms with Crippen LogP contribution in [0, 0.1) is 6.92 Å². The van der Waals surface area contributed by atoms with Crippen LogP contribution in [0.15, 0.2) is 42.5 Å². The number of amides is 2. The first-order valence-corrected chi connectivity index (χ1v) is 9.06. The standard InChI is InChI=1S/C21H24N2O4/c1-14-19(22-15(2)24)6-3-7-20(14)23-21(25)16-8-10-17(11-9-16)27-13-18-5-4-12-26-18/h3,6-11,18H,4-5,12-13H2,1-2H3,(H,22,24)(H,23,25). The van der Waals surface area contributed by atoms with Crippen LogP contribution in [0.4, 0.5) is 11.4 Å². The summed E-state index contributed by atoms with van der Waals surface area (Å²) in [5, 5.41) is 5.64. The third-order valence-corrected chi connectivity index (χ3v) is 4.47. The molecule has 2 N–H and O–H groups in total. The van der Waals surface area contributed by atoms with Gasteiger partial charge in [0, 0.05) is 30.5 Å². The van der Waals surface area contributed by atoms with Crippen LogP contribution in [0.1, 0.15) is 35.7 Å². The van der Waals surface area contributed by atoms with Gasteiger partial charge in [0.05, 0.1) is 6.10 Å². The second-order valence-electron chi connectivity index (χ2n) is 6.58. The molecule has 0 saturated carbocycles. The normalized spacial score (nSPS) is 16.0. The van der Waals surface area contributed by atoms with E-state index in [4.69, 9.17) is 9.47 Å². The third kappa shape index (κ3) is 5.08. The van der Waals surface area contributed by atoms with Gasteiger partial charge in [0.2, 0.25) is 5.91 Å². The molecule has 1 aliphatic heterocycles. The Balaban J connectivity index is 1.61. The summed E-state index contributed by atoms with van der Waals surface area (Å²) in [6.07, 6.45) is 2.26. The molecule has 3 rings (SSSR count). The van der Waals surface area contributed by atoms with Crippen LogP contribution < -0.4 is 15.4 Å². The number of carbonyl (C=O) groups is 2. The van der Waals surface area contributed by atoms with E-state index in [0.29, 0.717) is 29.3 Å². The zero-order chi connectivity index (χ0) is 19.2. The Labute approximate surface area is 158 Å². The van der Waals surface area contributed by atoms with Gasteiger partial charge in [-0.2, -0.15) is 0 Å². The molecule has 1 heterocycles. The second kappa shape index (κ2) is 8.68. The van der Waals surface area contributed by atoms with E-state index in [1.54, 1.807) is 42.5 Å². The molecule has 0 radical (unpaired) electrons. The highest BCUT2D eigenvalue weighted by atomic mass is 16.5. The number of benzene rings is 2. The van der Waals surface area contributed by atoms with Crippen molar-refractivity contribution in [3.63, 3.8) is 0 Å². The fourth-order valence-electron chi connectivity index (χ4n) is 2.96. The average Bonchev–Trinajstić information content (AvgIpc) is 3.17. The fraction of sp³-hybridized carbons (Fsp3) is 0.333. The molecule has 2 aromatic rings. The number of rotatable bonds is 6. The summed E-state index contributed by atoms with van der Waals surface area (Å²) in [6.45, 7) is 4.63. The van der Waals surface area contributed by atoms with Gasteiger partial charge in [0.1, 0.15) is 12.4 Å². The molecule has 1 aliphatic rings. The van der Waals surface area contributed by atoms with Crippen molar-refractivity contribution < 1.29 is 19.1 Å². The van der Waals surface area contributed by atoms with Crippen LogP contribution in [0.2, 0.25) is 0 Å². The summed E-state index contributed by atoms with van der Waals surface area (Å²) in [5.74, 6) is 0.342. The molecular weight excluding hydrogens is 344 g/mol. The van der Waals surface area contributed by atoms with E-state index in [-0.39, 0.29) is 17.9 Å². The van der Waals surface area contributed by atoms with Gasteiger partial charge in [-0.15, -0.1) is 0 Å². The Hall–Kier alpha value is -2.86. The van der Waals surface area contributed by atoms with Crippen LogP contribution >= 0.6 is 0 Å². The molecule has 1 saturated heterocycles. The molecule has 0 spiro atoms. The van der Waals surface area contributed by atoms with Gasteiger partial charge in [-0.05, 0) is 61.7 Å². The largest absolute Gasteiger partial charge is 0.491 e. The summed E-state index contributed by atoms with van der Waals surface area (Å²) < 4.78 is 11.3. The van der Waals surface area contributed by atoms with Crippen molar-refractivity contribution in [2.45, 2.75) is 32.8 Å². The van der Waals surface area contributed by atoms with Gasteiger partial charge in [-0.25, -0.2) is 0 Å². The van der Waals surface area contributed by atoms with E-state index in [9.17, 15) is 9.59 Å². The maximum absolute atomic E-state index is 12.5. The first kappa shape index (κ1) is 18.9. The number of nitrogens with one attached hydrogen (secondary N) is 2. The first-order valence-electron chi connectivity index (χ1n) is 9.06. The van der Waals surface area contributed by atoms with Gasteiger partial charge in [-0.1, -0.05) is 6.07 Å². The topological polar surface area (TPSA) is 76.7 Å². The molecule has 0 bridgehead atoms. The lowest BCUT2D eigenvalue weighted by Gasteiger charge is -2.13. The molecule has 2 amide bonds. The highest BCUT2D eigenvalue weighted by Crippen LogP contribution is 2.24. The predicted octanol–water partition coefficient (Wildman–Crippen LogP) is 3.76. The lowest BCUT2D eigenvalue weighted by molar-refractivity contribution is -0.114. The SMILES string of the molecule is CC(=O)Nc1cccc(NC(=O)c2ccc(OCC3CCCO3)cc2)c1C. The molecule has 0 aromatic heterocycles. The van der Waals surface area contributed by atoms with E-state index in [1.165, 1.54) is 6.92 Å². The lowest BCUT2D eigenvalue weighted by Crippen LogP contribution is -2.16. The van der Waals surface area contributed by atoms with Gasteiger partial charge >= 0.3 is 0 Å². The molecular formula is C21H24N2O4. The Morgan fingerprint density at radius 2 is 1.81 bits per heavy atom. The van der Waals surface area contributed by atoms with Crippen molar-refractivity contribution in [3.05, 3.63) is 53.6 Å². The summed E-state index contributed by atoms with van der Waals surface area (Å²) in [4.78, 5) is 23.8. The van der Waals surface area contributed by atoms with Crippen molar-refractivity contribution >= 4 is 23.2 Å². The van der Waals surface area contributed by atoms with E-state index < -0.39 is 0 Å². The van der Waals surface area contributed by atoms with Gasteiger partial charge < -0.3 is 20.1 Å². The second-order valence-corrected chi connectivity index (χ2v) is 6.58. The molecule has 1 fully saturated rings. The maximum atomic E-state index is 12.5. The Morgan fingerprint density at radius 1 is 1.11 bits per heavy atom. The summed E-state index contributed by atoms with van der Waals surface area (Å²) in [5.41, 5.74) is 2.67. The summed E-state index contributed by atoms with van der Waals surface area (Å²) in [6, 6.07) is 12.4. The predicted molar refractivity (Wildman–Crippen MR) is 104 cm³/mol. The fourth-order valence-corrected chi connectivity index (χ4v) is 2.96. The number of anilines is 2. The molecule has 6 nitrogen and oxygen atoms in total. The Kier molecular flexibility index (Phi) is 6.08. The van der Waals surface area contributed by atoms with E-state index >= 15 is 0 Å². The highest BCUT2D eigenvalue weighted by molar-refractivity contribution is 6.05. The number of hydrogen-bond donors (Lipinski definition) is 2. The van der Waals surface area contributed by atoms with Crippen LogP contribution in [-0.4, -0.2) is 31.1 Å². The molecule has 27 heavy (non-hydrogen) atoms. The van der Waals surface area contributed by atoms with Crippen LogP contribution in [-0.2, 0) is 9.53 Å². The molecule has 2 aromatic carbocycles. The zero-order valence-electron chi connectivity index (χ0n) is 15.6. The van der Waals surface area contributed by atoms with Gasteiger partial charge in [-0.3, -0.25) is 9.59 Å².